The zero-order valence-corrected chi connectivity index (χ0v) is 30.9. The monoisotopic (exact) mass is 798 g/mol. The predicted molar refractivity (Wildman–Crippen MR) is 219 cm³/mol. The lowest BCUT2D eigenvalue weighted by Crippen LogP contribution is -2.08. The number of fused-ring (bicyclic) bond motifs is 2. The number of aromatic nitrogens is 4. The van der Waals surface area contributed by atoms with Crippen molar-refractivity contribution in [3.8, 4) is 67.0 Å². The van der Waals surface area contributed by atoms with E-state index in [2.05, 4.69) is 19.9 Å². The van der Waals surface area contributed by atoms with Crippen molar-refractivity contribution in [1.82, 2.24) is 19.9 Å². The second-order valence-electron chi connectivity index (χ2n) is 13.7. The molecule has 9 rings (SSSR count). The zero-order chi connectivity index (χ0) is 41.7. The van der Waals surface area contributed by atoms with Gasteiger partial charge in [-0.1, -0.05) is 60.7 Å². The molecule has 60 heavy (non-hydrogen) atoms. The van der Waals surface area contributed by atoms with Gasteiger partial charge in [0.25, 0.3) is 0 Å². The third kappa shape index (κ3) is 6.27. The molecule has 0 aliphatic heterocycles. The molecular formula is C48H26F4N4O4. The Morgan fingerprint density at radius 1 is 0.383 bits per heavy atom. The van der Waals surface area contributed by atoms with Gasteiger partial charge in [-0.25, -0.2) is 37.1 Å². The third-order valence-electron chi connectivity index (χ3n) is 10.3. The Bertz CT molecular complexity index is 2950. The lowest BCUT2D eigenvalue weighted by Gasteiger charge is -2.23. The van der Waals surface area contributed by atoms with Crippen molar-refractivity contribution >= 4 is 33.5 Å². The maximum absolute atomic E-state index is 16.0. The van der Waals surface area contributed by atoms with Crippen molar-refractivity contribution in [1.29, 1.82) is 0 Å². The van der Waals surface area contributed by atoms with E-state index in [9.17, 15) is 19.8 Å². The standard InChI is InChI=1S/C48H26F4N4O4/c49-25-21-33(41(35(51)23-25)37-13-5-7-17-53-37)31-15-19-55-45(47(57)58)43(31)39-27-9-1-2-10-28(27)40(30-12-4-3-11-29(30)39)44-32(16-20-56-46(44)48(59)60)34-22-26(50)24-36(52)42(34)38-14-6-8-18-54-38/h1-24H,(H,57,58)(H,59,60). The molecule has 0 spiro atoms. The van der Waals surface area contributed by atoms with E-state index in [0.29, 0.717) is 32.7 Å². The molecule has 0 saturated carbocycles. The average molecular weight is 799 g/mol. The summed E-state index contributed by atoms with van der Waals surface area (Å²) in [4.78, 5) is 43.5. The number of aromatic carboxylic acids is 2. The lowest BCUT2D eigenvalue weighted by molar-refractivity contribution is 0.0680. The summed E-state index contributed by atoms with van der Waals surface area (Å²) in [7, 11) is 0. The van der Waals surface area contributed by atoms with Crippen molar-refractivity contribution in [2.45, 2.75) is 0 Å². The fourth-order valence-corrected chi connectivity index (χ4v) is 7.98. The number of benzene rings is 5. The van der Waals surface area contributed by atoms with Crippen molar-refractivity contribution in [2.24, 2.45) is 0 Å². The van der Waals surface area contributed by atoms with E-state index >= 15 is 17.6 Å². The topological polar surface area (TPSA) is 126 Å². The minimum atomic E-state index is -1.43. The van der Waals surface area contributed by atoms with E-state index in [-0.39, 0.29) is 55.9 Å². The number of carbonyl (C=O) groups is 2. The number of carboxylic acids is 2. The highest BCUT2D eigenvalue weighted by molar-refractivity contribution is 6.26. The summed E-state index contributed by atoms with van der Waals surface area (Å²) < 4.78 is 62.6. The molecule has 0 aliphatic rings. The highest BCUT2D eigenvalue weighted by atomic mass is 19.1. The van der Waals surface area contributed by atoms with Gasteiger partial charge in [-0.2, -0.15) is 0 Å². The molecule has 2 N–H and O–H groups in total. The summed E-state index contributed by atoms with van der Waals surface area (Å²) in [5.74, 6) is -6.57. The van der Waals surface area contributed by atoms with Gasteiger partial charge in [0.05, 0.1) is 11.4 Å². The first-order valence-corrected chi connectivity index (χ1v) is 18.3. The Morgan fingerprint density at radius 2 is 0.750 bits per heavy atom. The maximum Gasteiger partial charge on any atom is 0.355 e. The molecule has 5 aromatic carbocycles. The Labute approximate surface area is 337 Å². The molecule has 0 amide bonds. The quantitative estimate of drug-likeness (QED) is 0.115. The number of hydrogen-bond donors (Lipinski definition) is 2. The van der Waals surface area contributed by atoms with Gasteiger partial charge in [-0.05, 0) is 92.3 Å². The molecule has 4 aromatic heterocycles. The number of rotatable bonds is 8. The molecule has 12 heteroatoms. The normalized spacial score (nSPS) is 11.3. The molecule has 0 aliphatic carbocycles. The van der Waals surface area contributed by atoms with Gasteiger partial charge in [-0.15, -0.1) is 0 Å². The third-order valence-corrected chi connectivity index (χ3v) is 10.3. The average Bonchev–Trinajstić information content (AvgIpc) is 3.25. The molecule has 0 bridgehead atoms. The summed E-state index contributed by atoms with van der Waals surface area (Å²) >= 11 is 0. The van der Waals surface area contributed by atoms with Crippen LogP contribution in [0.1, 0.15) is 21.0 Å². The fraction of sp³-hybridized carbons (Fsp3) is 0. The van der Waals surface area contributed by atoms with Crippen LogP contribution in [0.2, 0.25) is 0 Å². The first kappa shape index (κ1) is 37.5. The van der Waals surface area contributed by atoms with Crippen LogP contribution < -0.4 is 0 Å². The number of halogens is 4. The number of pyridine rings is 4. The van der Waals surface area contributed by atoms with Gasteiger partial charge >= 0.3 is 11.9 Å². The van der Waals surface area contributed by atoms with Crippen molar-refractivity contribution < 1.29 is 37.4 Å². The Balaban J connectivity index is 1.45. The molecule has 290 valence electrons. The summed E-state index contributed by atoms with van der Waals surface area (Å²) in [5.41, 5.74) is 0.172. The van der Waals surface area contributed by atoms with Crippen LogP contribution in [-0.2, 0) is 0 Å². The van der Waals surface area contributed by atoms with Gasteiger partial charge < -0.3 is 10.2 Å². The molecule has 0 unspecified atom stereocenters. The SMILES string of the molecule is O=C(O)c1nccc(-c2cc(F)cc(F)c2-c2ccccn2)c1-c1c2ccccc2c(-c2c(-c3cc(F)cc(F)c3-c3ccccn3)ccnc2C(=O)O)c2ccccc12. The fourth-order valence-electron chi connectivity index (χ4n) is 7.98. The zero-order valence-electron chi connectivity index (χ0n) is 30.9. The predicted octanol–water partition coefficient (Wildman–Crippen LogP) is 11.5. The molecule has 4 heterocycles. The van der Waals surface area contributed by atoms with Crippen LogP contribution in [-0.4, -0.2) is 42.1 Å². The number of hydrogen-bond acceptors (Lipinski definition) is 6. The molecule has 8 nitrogen and oxygen atoms in total. The Morgan fingerprint density at radius 3 is 1.08 bits per heavy atom. The summed E-state index contributed by atoms with van der Waals surface area (Å²) in [6.07, 6.45) is 5.38. The number of carboxylic acid groups (broad SMARTS) is 2. The second kappa shape index (κ2) is 15.0. The first-order valence-electron chi connectivity index (χ1n) is 18.3. The van der Waals surface area contributed by atoms with E-state index in [1.54, 1.807) is 84.9 Å². The van der Waals surface area contributed by atoms with Crippen LogP contribution in [0.25, 0.3) is 88.6 Å². The lowest BCUT2D eigenvalue weighted by atomic mass is 9.80. The van der Waals surface area contributed by atoms with Gasteiger partial charge in [0.15, 0.2) is 11.4 Å². The Kier molecular flexibility index (Phi) is 9.36. The maximum atomic E-state index is 16.0. The van der Waals surface area contributed by atoms with E-state index in [0.717, 1.165) is 24.3 Å². The van der Waals surface area contributed by atoms with E-state index in [1.165, 1.54) is 36.9 Å². The van der Waals surface area contributed by atoms with Crippen molar-refractivity contribution in [3.05, 3.63) is 181 Å². The van der Waals surface area contributed by atoms with E-state index in [1.807, 2.05) is 0 Å². The van der Waals surface area contributed by atoms with E-state index < -0.39 is 46.6 Å². The summed E-state index contributed by atoms with van der Waals surface area (Å²) in [6, 6.07) is 29.9. The number of nitrogens with zero attached hydrogens (tertiary/aromatic N) is 4. The Hall–Kier alpha value is -8.12. The summed E-state index contributed by atoms with van der Waals surface area (Å²) in [6.45, 7) is 0. The van der Waals surface area contributed by atoms with Crippen molar-refractivity contribution in [2.75, 3.05) is 0 Å². The molecule has 0 fully saturated rings. The van der Waals surface area contributed by atoms with Crippen LogP contribution in [0.4, 0.5) is 17.6 Å². The molecule has 0 saturated heterocycles. The van der Waals surface area contributed by atoms with Gasteiger partial charge in [0.2, 0.25) is 0 Å². The van der Waals surface area contributed by atoms with Gasteiger partial charge in [-0.3, -0.25) is 9.97 Å². The van der Waals surface area contributed by atoms with Crippen LogP contribution in [0.5, 0.6) is 0 Å². The van der Waals surface area contributed by atoms with Crippen LogP contribution in [0, 0.1) is 23.3 Å². The second-order valence-corrected chi connectivity index (χ2v) is 13.7. The minimum Gasteiger partial charge on any atom is -0.476 e. The molecule has 0 atom stereocenters. The van der Waals surface area contributed by atoms with Crippen LogP contribution in [0.15, 0.2) is 146 Å². The largest absolute Gasteiger partial charge is 0.476 e. The first-order chi connectivity index (χ1) is 29.1. The smallest absolute Gasteiger partial charge is 0.355 e. The minimum absolute atomic E-state index is 0.00114. The molecule has 0 radical (unpaired) electrons. The summed E-state index contributed by atoms with van der Waals surface area (Å²) in [5, 5.41) is 23.0. The van der Waals surface area contributed by atoms with Crippen molar-refractivity contribution in [3.63, 3.8) is 0 Å². The highest BCUT2D eigenvalue weighted by Crippen LogP contribution is 2.51. The highest BCUT2D eigenvalue weighted by Gasteiger charge is 2.30. The van der Waals surface area contributed by atoms with Crippen LogP contribution >= 0.6 is 0 Å². The van der Waals surface area contributed by atoms with Gasteiger partial charge in [0.1, 0.15) is 23.3 Å². The molecular weight excluding hydrogens is 773 g/mol. The van der Waals surface area contributed by atoms with Crippen LogP contribution in [0.3, 0.4) is 0 Å². The van der Waals surface area contributed by atoms with E-state index in [4.69, 9.17) is 0 Å². The molecule has 9 aromatic rings. The van der Waals surface area contributed by atoms with Gasteiger partial charge in [0, 0.05) is 70.3 Å².